The average Bonchev–Trinajstić information content (AvgIpc) is 3.19. The lowest BCUT2D eigenvalue weighted by molar-refractivity contribution is 0.104. The summed E-state index contributed by atoms with van der Waals surface area (Å²) in [5.41, 5.74) is 3.57. The predicted octanol–water partition coefficient (Wildman–Crippen LogP) is 6.73. The lowest BCUT2D eigenvalue weighted by Gasteiger charge is -2.19. The molecule has 1 aromatic heterocycles. The Labute approximate surface area is 183 Å². The highest BCUT2D eigenvalue weighted by Crippen LogP contribution is 2.45. The molecule has 0 saturated heterocycles. The maximum atomic E-state index is 12.9. The predicted molar refractivity (Wildman–Crippen MR) is 123 cm³/mol. The number of hydrogen-bond acceptors (Lipinski definition) is 4. The molecule has 5 rings (SSSR count). The molecule has 0 aliphatic carbocycles. The van der Waals surface area contributed by atoms with Gasteiger partial charge in [-0.3, -0.25) is 4.79 Å². The Morgan fingerprint density at radius 1 is 0.967 bits per heavy atom. The highest BCUT2D eigenvalue weighted by atomic mass is 35.5. The standard InChI is InChI=1S/C24H16ClN3OS/c25-17-12-10-16(11-13-17)21(29)15-24-28-20(19-8-4-5-9-22(19)30-24)14-23(27-28)26-18-6-2-1-3-7-18/h1-15H,(H,26,27)/b24-15+. The zero-order valence-electron chi connectivity index (χ0n) is 15.7. The van der Waals surface area contributed by atoms with Crippen LogP contribution in [0.25, 0.3) is 16.3 Å². The first-order valence-electron chi connectivity index (χ1n) is 9.39. The number of benzene rings is 3. The van der Waals surface area contributed by atoms with Gasteiger partial charge in [-0.25, -0.2) is 4.68 Å². The van der Waals surface area contributed by atoms with Gasteiger partial charge < -0.3 is 5.32 Å². The number of fused-ring (bicyclic) bond motifs is 3. The van der Waals surface area contributed by atoms with Crippen LogP contribution in [0.1, 0.15) is 10.4 Å². The van der Waals surface area contributed by atoms with Gasteiger partial charge >= 0.3 is 0 Å². The van der Waals surface area contributed by atoms with E-state index in [1.165, 1.54) is 11.8 Å². The molecule has 3 aromatic carbocycles. The zero-order chi connectivity index (χ0) is 20.5. The first-order valence-corrected chi connectivity index (χ1v) is 10.6. The summed E-state index contributed by atoms with van der Waals surface area (Å²) in [6.07, 6.45) is 1.63. The number of halogens is 1. The SMILES string of the molecule is O=C(/C=C1/Sc2ccccc2-c2cc(Nc3ccccc3)nn21)c1ccc(Cl)cc1. The summed E-state index contributed by atoms with van der Waals surface area (Å²) in [6, 6.07) is 26.9. The molecule has 0 amide bonds. The highest BCUT2D eigenvalue weighted by molar-refractivity contribution is 8.08. The third-order valence-corrected chi connectivity index (χ3v) is 6.05. The fourth-order valence-electron chi connectivity index (χ4n) is 3.29. The first kappa shape index (κ1) is 18.7. The van der Waals surface area contributed by atoms with E-state index in [4.69, 9.17) is 16.7 Å². The van der Waals surface area contributed by atoms with Crippen molar-refractivity contribution in [1.29, 1.82) is 0 Å². The van der Waals surface area contributed by atoms with Crippen LogP contribution in [0.5, 0.6) is 0 Å². The summed E-state index contributed by atoms with van der Waals surface area (Å²) in [6.45, 7) is 0. The second-order valence-corrected chi connectivity index (χ2v) is 8.27. The van der Waals surface area contributed by atoms with Crippen molar-refractivity contribution in [3.63, 3.8) is 0 Å². The Hall–Kier alpha value is -3.28. The Kier molecular flexibility index (Phi) is 4.91. The number of carbonyl (C=O) groups is 1. The zero-order valence-corrected chi connectivity index (χ0v) is 17.3. The van der Waals surface area contributed by atoms with Crippen LogP contribution in [0.3, 0.4) is 0 Å². The Morgan fingerprint density at radius 2 is 1.70 bits per heavy atom. The topological polar surface area (TPSA) is 46.9 Å². The lowest BCUT2D eigenvalue weighted by atomic mass is 10.1. The normalized spacial score (nSPS) is 13.6. The minimum Gasteiger partial charge on any atom is -0.339 e. The van der Waals surface area contributed by atoms with Crippen molar-refractivity contribution in [2.45, 2.75) is 4.90 Å². The molecule has 2 heterocycles. The number of anilines is 2. The van der Waals surface area contributed by atoms with Crippen LogP contribution in [0.4, 0.5) is 11.5 Å². The van der Waals surface area contributed by atoms with E-state index in [-0.39, 0.29) is 5.78 Å². The molecular weight excluding hydrogens is 414 g/mol. The molecule has 0 spiro atoms. The monoisotopic (exact) mass is 429 g/mol. The summed E-state index contributed by atoms with van der Waals surface area (Å²) in [5.74, 6) is 0.630. The average molecular weight is 430 g/mol. The van der Waals surface area contributed by atoms with Gasteiger partial charge in [0.05, 0.1) is 5.69 Å². The van der Waals surface area contributed by atoms with E-state index in [1.807, 2.05) is 53.2 Å². The molecule has 0 saturated carbocycles. The molecule has 0 unspecified atom stereocenters. The van der Waals surface area contributed by atoms with Gasteiger partial charge in [0, 0.05) is 38.9 Å². The molecule has 1 N–H and O–H groups in total. The van der Waals surface area contributed by atoms with E-state index in [0.29, 0.717) is 10.6 Å². The molecule has 1 aliphatic heterocycles. The first-order chi connectivity index (χ1) is 14.7. The largest absolute Gasteiger partial charge is 0.339 e. The van der Waals surface area contributed by atoms with Crippen molar-refractivity contribution < 1.29 is 4.79 Å². The molecular formula is C24H16ClN3OS. The summed E-state index contributed by atoms with van der Waals surface area (Å²) < 4.78 is 1.83. The summed E-state index contributed by atoms with van der Waals surface area (Å²) in [7, 11) is 0. The van der Waals surface area contributed by atoms with Gasteiger partial charge in [0.25, 0.3) is 0 Å². The van der Waals surface area contributed by atoms with E-state index < -0.39 is 0 Å². The molecule has 0 fully saturated rings. The number of thioether (sulfide) groups is 1. The summed E-state index contributed by atoms with van der Waals surface area (Å²) in [5, 5.41) is 9.42. The van der Waals surface area contributed by atoms with E-state index in [2.05, 4.69) is 17.4 Å². The molecule has 0 bridgehead atoms. The molecule has 0 atom stereocenters. The van der Waals surface area contributed by atoms with Gasteiger partial charge in [-0.2, -0.15) is 0 Å². The van der Waals surface area contributed by atoms with Gasteiger partial charge in [-0.05, 0) is 42.5 Å². The van der Waals surface area contributed by atoms with Gasteiger partial charge in [0.1, 0.15) is 5.03 Å². The van der Waals surface area contributed by atoms with Gasteiger partial charge in [0.2, 0.25) is 0 Å². The van der Waals surface area contributed by atoms with Gasteiger partial charge in [0.15, 0.2) is 11.6 Å². The van der Waals surface area contributed by atoms with E-state index in [1.54, 1.807) is 30.3 Å². The number of rotatable bonds is 4. The highest BCUT2D eigenvalue weighted by Gasteiger charge is 2.23. The van der Waals surface area contributed by atoms with Crippen molar-refractivity contribution in [3.8, 4) is 11.3 Å². The minimum atomic E-state index is -0.0902. The van der Waals surface area contributed by atoms with Crippen LogP contribution >= 0.6 is 23.4 Å². The van der Waals surface area contributed by atoms with Crippen molar-refractivity contribution in [3.05, 3.63) is 102 Å². The number of nitrogens with zero attached hydrogens (tertiary/aromatic N) is 2. The van der Waals surface area contributed by atoms with Crippen LogP contribution in [0.2, 0.25) is 5.02 Å². The van der Waals surface area contributed by atoms with E-state index in [9.17, 15) is 4.79 Å². The number of carbonyl (C=O) groups excluding carboxylic acids is 1. The van der Waals surface area contributed by atoms with Crippen molar-refractivity contribution in [2.75, 3.05) is 5.32 Å². The van der Waals surface area contributed by atoms with Crippen LogP contribution in [0.15, 0.2) is 95.9 Å². The lowest BCUT2D eigenvalue weighted by Crippen LogP contribution is -2.07. The summed E-state index contributed by atoms with van der Waals surface area (Å²) in [4.78, 5) is 13.9. The van der Waals surface area contributed by atoms with Crippen molar-refractivity contribution in [1.82, 2.24) is 9.78 Å². The number of nitrogens with one attached hydrogen (secondary N) is 1. The number of aromatic nitrogens is 2. The van der Waals surface area contributed by atoms with Crippen molar-refractivity contribution >= 4 is 45.7 Å². The Morgan fingerprint density at radius 3 is 2.50 bits per heavy atom. The number of para-hydroxylation sites is 1. The number of hydrogen-bond donors (Lipinski definition) is 1. The molecule has 30 heavy (non-hydrogen) atoms. The van der Waals surface area contributed by atoms with Gasteiger partial charge in [-0.1, -0.05) is 59.8 Å². The fourth-order valence-corrected chi connectivity index (χ4v) is 4.47. The van der Waals surface area contributed by atoms with Crippen LogP contribution in [0, 0.1) is 0 Å². The smallest absolute Gasteiger partial charge is 0.188 e. The van der Waals surface area contributed by atoms with Crippen molar-refractivity contribution in [2.24, 2.45) is 0 Å². The maximum absolute atomic E-state index is 12.9. The van der Waals surface area contributed by atoms with E-state index in [0.717, 1.165) is 32.7 Å². The van der Waals surface area contributed by atoms with Crippen LogP contribution in [-0.4, -0.2) is 15.6 Å². The van der Waals surface area contributed by atoms with E-state index >= 15 is 0 Å². The molecule has 6 heteroatoms. The quantitative estimate of drug-likeness (QED) is 0.288. The number of ketones is 1. The maximum Gasteiger partial charge on any atom is 0.188 e. The Bertz CT molecular complexity index is 1260. The molecule has 4 nitrogen and oxygen atoms in total. The second-order valence-electron chi connectivity index (χ2n) is 6.77. The van der Waals surface area contributed by atoms with Crippen LogP contribution < -0.4 is 5.32 Å². The Balaban J connectivity index is 1.56. The fraction of sp³-hybridized carbons (Fsp3) is 0. The van der Waals surface area contributed by atoms with Gasteiger partial charge in [-0.15, -0.1) is 5.10 Å². The molecule has 4 aromatic rings. The molecule has 0 radical (unpaired) electrons. The second kappa shape index (κ2) is 7.86. The molecule has 146 valence electrons. The minimum absolute atomic E-state index is 0.0902. The van der Waals surface area contributed by atoms with Crippen LogP contribution in [-0.2, 0) is 0 Å². The number of allylic oxidation sites excluding steroid dienone is 1. The molecule has 1 aliphatic rings. The third kappa shape index (κ3) is 3.65. The summed E-state index contributed by atoms with van der Waals surface area (Å²) >= 11 is 7.48. The third-order valence-electron chi connectivity index (χ3n) is 4.73.